The summed E-state index contributed by atoms with van der Waals surface area (Å²) in [5.74, 6) is 0.898. The van der Waals surface area contributed by atoms with Crippen molar-refractivity contribution in [3.8, 4) is 11.4 Å². The third-order valence-corrected chi connectivity index (χ3v) is 2.34. The highest BCUT2D eigenvalue weighted by Crippen LogP contribution is 2.19. The molecule has 1 heterocycles. The monoisotopic (exact) mass is 287 g/mol. The summed E-state index contributed by atoms with van der Waals surface area (Å²) in [5, 5.41) is 18.3. The number of amides is 1. The first-order chi connectivity index (χ1) is 9.83. The van der Waals surface area contributed by atoms with Gasteiger partial charge in [0, 0.05) is 11.3 Å². The molecule has 0 fully saturated rings. The highest BCUT2D eigenvalue weighted by Gasteiger charge is 2.16. The van der Waals surface area contributed by atoms with Crippen LogP contribution >= 0.6 is 0 Å². The summed E-state index contributed by atoms with van der Waals surface area (Å²) in [7, 11) is 0. The normalized spacial score (nSPS) is 11.0. The van der Waals surface area contributed by atoms with Crippen LogP contribution in [0, 0.1) is 6.92 Å². The van der Waals surface area contributed by atoms with Gasteiger partial charge in [-0.25, -0.2) is 4.79 Å². The Morgan fingerprint density at radius 2 is 1.81 bits per heavy atom. The molecule has 2 aromatic rings. The van der Waals surface area contributed by atoms with E-state index in [4.69, 9.17) is 4.74 Å². The van der Waals surface area contributed by atoms with Crippen molar-refractivity contribution < 1.29 is 9.53 Å². The first-order valence-electron chi connectivity index (χ1n) is 6.48. The molecule has 7 nitrogen and oxygen atoms in total. The Labute approximate surface area is 122 Å². The largest absolute Gasteiger partial charge is 0.444 e. The van der Waals surface area contributed by atoms with Gasteiger partial charge in [-0.05, 0) is 39.8 Å². The average molecular weight is 287 g/mol. The fourth-order valence-electron chi connectivity index (χ4n) is 1.55. The number of rotatable bonds is 2. The number of aryl methyl sites for hydroxylation is 1. The number of benzene rings is 1. The quantitative estimate of drug-likeness (QED) is 0.913. The first kappa shape index (κ1) is 14.8. The first-order valence-corrected chi connectivity index (χ1v) is 6.48. The molecule has 2 rings (SSSR count). The van der Waals surface area contributed by atoms with Crippen molar-refractivity contribution in [1.82, 2.24) is 20.4 Å². The van der Waals surface area contributed by atoms with E-state index in [1.54, 1.807) is 45.9 Å². The highest BCUT2D eigenvalue weighted by molar-refractivity contribution is 5.85. The third-order valence-electron chi connectivity index (χ3n) is 2.34. The Morgan fingerprint density at radius 1 is 1.14 bits per heavy atom. The zero-order chi connectivity index (χ0) is 15.5. The summed E-state index contributed by atoms with van der Waals surface area (Å²) < 4.78 is 5.20. The van der Waals surface area contributed by atoms with Gasteiger partial charge in [0.25, 0.3) is 0 Å². The van der Waals surface area contributed by atoms with Crippen molar-refractivity contribution in [3.05, 3.63) is 30.1 Å². The Hall–Kier alpha value is -2.57. The summed E-state index contributed by atoms with van der Waals surface area (Å²) in [4.78, 5) is 11.7. The molecule has 1 aromatic carbocycles. The van der Waals surface area contributed by atoms with E-state index in [0.717, 1.165) is 0 Å². The van der Waals surface area contributed by atoms with Gasteiger partial charge in [-0.15, -0.1) is 20.4 Å². The molecule has 0 aliphatic heterocycles. The van der Waals surface area contributed by atoms with Crippen molar-refractivity contribution in [2.24, 2.45) is 0 Å². The molecule has 0 spiro atoms. The lowest BCUT2D eigenvalue weighted by molar-refractivity contribution is 0.0636. The molecule has 0 bridgehead atoms. The molecule has 1 aromatic heterocycles. The van der Waals surface area contributed by atoms with Gasteiger partial charge in [-0.3, -0.25) is 5.32 Å². The van der Waals surface area contributed by atoms with Crippen molar-refractivity contribution in [2.75, 3.05) is 5.32 Å². The van der Waals surface area contributed by atoms with Gasteiger partial charge >= 0.3 is 6.09 Å². The summed E-state index contributed by atoms with van der Waals surface area (Å²) in [6.45, 7) is 7.13. The average Bonchev–Trinajstić information content (AvgIpc) is 2.37. The smallest absolute Gasteiger partial charge is 0.412 e. The minimum atomic E-state index is -0.546. The molecule has 0 atom stereocenters. The molecule has 1 amide bonds. The Balaban J connectivity index is 2.14. The van der Waals surface area contributed by atoms with E-state index in [2.05, 4.69) is 25.7 Å². The Kier molecular flexibility index (Phi) is 4.11. The second-order valence-electron chi connectivity index (χ2n) is 5.48. The second-order valence-corrected chi connectivity index (χ2v) is 5.48. The van der Waals surface area contributed by atoms with E-state index in [1.807, 2.05) is 6.07 Å². The maximum absolute atomic E-state index is 11.7. The molecule has 0 aliphatic rings. The van der Waals surface area contributed by atoms with Crippen molar-refractivity contribution in [1.29, 1.82) is 0 Å². The van der Waals surface area contributed by atoms with Gasteiger partial charge in [-0.2, -0.15) is 0 Å². The van der Waals surface area contributed by atoms with Crippen LogP contribution in [0.1, 0.15) is 26.6 Å². The van der Waals surface area contributed by atoms with Gasteiger partial charge < -0.3 is 4.74 Å². The van der Waals surface area contributed by atoms with Crippen LogP contribution in [-0.2, 0) is 4.74 Å². The van der Waals surface area contributed by atoms with E-state index in [1.165, 1.54) is 0 Å². The predicted octanol–water partition coefficient (Wildman–Crippen LogP) is 2.59. The lowest BCUT2D eigenvalue weighted by atomic mass is 10.2. The lowest BCUT2D eigenvalue weighted by Crippen LogP contribution is -2.27. The second kappa shape index (κ2) is 5.82. The molecule has 0 saturated carbocycles. The fourth-order valence-corrected chi connectivity index (χ4v) is 1.55. The molecule has 1 N–H and O–H groups in total. The van der Waals surface area contributed by atoms with Crippen LogP contribution in [-0.4, -0.2) is 32.1 Å². The third kappa shape index (κ3) is 4.48. The number of aromatic nitrogens is 4. The van der Waals surface area contributed by atoms with E-state index >= 15 is 0 Å². The number of carbonyl (C=O) groups excluding carboxylic acids is 1. The predicted molar refractivity (Wildman–Crippen MR) is 77.7 cm³/mol. The standard InChI is InChI=1S/C14H17N5O2/c1-9-16-18-12(19-17-9)10-6-5-7-11(8-10)15-13(20)21-14(2,3)4/h5-8H,1-4H3,(H,15,20). The van der Waals surface area contributed by atoms with Crippen LogP contribution in [0.3, 0.4) is 0 Å². The van der Waals surface area contributed by atoms with Crippen LogP contribution < -0.4 is 5.32 Å². The summed E-state index contributed by atoms with van der Waals surface area (Å²) in [5.41, 5.74) is 0.754. The van der Waals surface area contributed by atoms with Gasteiger partial charge in [0.1, 0.15) is 5.60 Å². The number of ether oxygens (including phenoxy) is 1. The fraction of sp³-hybridized carbons (Fsp3) is 0.357. The van der Waals surface area contributed by atoms with E-state index in [0.29, 0.717) is 22.9 Å². The zero-order valence-corrected chi connectivity index (χ0v) is 12.4. The topological polar surface area (TPSA) is 89.9 Å². The van der Waals surface area contributed by atoms with Gasteiger partial charge in [0.05, 0.1) is 0 Å². The van der Waals surface area contributed by atoms with E-state index < -0.39 is 11.7 Å². The van der Waals surface area contributed by atoms with Crippen molar-refractivity contribution in [2.45, 2.75) is 33.3 Å². The number of hydrogen-bond donors (Lipinski definition) is 1. The SMILES string of the molecule is Cc1nnc(-c2cccc(NC(=O)OC(C)(C)C)c2)nn1. The molecule has 0 saturated heterocycles. The van der Waals surface area contributed by atoms with E-state index in [-0.39, 0.29) is 0 Å². The summed E-state index contributed by atoms with van der Waals surface area (Å²) in [6, 6.07) is 7.08. The van der Waals surface area contributed by atoms with Gasteiger partial charge in [0.15, 0.2) is 5.82 Å². The number of anilines is 1. The van der Waals surface area contributed by atoms with Gasteiger partial charge in [0.2, 0.25) is 5.82 Å². The molecule has 110 valence electrons. The molecular weight excluding hydrogens is 270 g/mol. The van der Waals surface area contributed by atoms with Crippen molar-refractivity contribution in [3.63, 3.8) is 0 Å². The maximum atomic E-state index is 11.7. The molecule has 21 heavy (non-hydrogen) atoms. The Bertz CT molecular complexity index is 635. The summed E-state index contributed by atoms with van der Waals surface area (Å²) in [6.07, 6.45) is -0.513. The Morgan fingerprint density at radius 3 is 2.43 bits per heavy atom. The summed E-state index contributed by atoms with van der Waals surface area (Å²) >= 11 is 0. The number of carbonyl (C=O) groups is 1. The highest BCUT2D eigenvalue weighted by atomic mass is 16.6. The number of hydrogen-bond acceptors (Lipinski definition) is 6. The zero-order valence-electron chi connectivity index (χ0n) is 12.4. The van der Waals surface area contributed by atoms with Crippen molar-refractivity contribution >= 4 is 11.8 Å². The molecular formula is C14H17N5O2. The van der Waals surface area contributed by atoms with Crippen LogP contribution in [0.15, 0.2) is 24.3 Å². The molecule has 0 aliphatic carbocycles. The van der Waals surface area contributed by atoms with E-state index in [9.17, 15) is 4.79 Å². The number of nitrogens with zero attached hydrogens (tertiary/aromatic N) is 4. The molecule has 0 unspecified atom stereocenters. The van der Waals surface area contributed by atoms with Crippen LogP contribution in [0.2, 0.25) is 0 Å². The lowest BCUT2D eigenvalue weighted by Gasteiger charge is -2.19. The maximum Gasteiger partial charge on any atom is 0.412 e. The van der Waals surface area contributed by atoms with Crippen LogP contribution in [0.4, 0.5) is 10.5 Å². The van der Waals surface area contributed by atoms with Crippen LogP contribution in [0.25, 0.3) is 11.4 Å². The van der Waals surface area contributed by atoms with Gasteiger partial charge in [-0.1, -0.05) is 12.1 Å². The molecule has 7 heteroatoms. The number of nitrogens with one attached hydrogen (secondary N) is 1. The van der Waals surface area contributed by atoms with Crippen LogP contribution in [0.5, 0.6) is 0 Å². The molecule has 0 radical (unpaired) electrons. The minimum absolute atomic E-state index is 0.397. The minimum Gasteiger partial charge on any atom is -0.444 e.